The number of para-hydroxylation sites is 1. The summed E-state index contributed by atoms with van der Waals surface area (Å²) < 4.78 is 0. The van der Waals surface area contributed by atoms with Crippen LogP contribution < -0.4 is 9.80 Å². The van der Waals surface area contributed by atoms with Crippen LogP contribution in [0, 0.1) is 0 Å². The number of rotatable bonds is 4. The van der Waals surface area contributed by atoms with Gasteiger partial charge in [0.1, 0.15) is 0 Å². The zero-order valence-electron chi connectivity index (χ0n) is 14.2. The van der Waals surface area contributed by atoms with E-state index < -0.39 is 0 Å². The molecule has 0 aromatic heterocycles. The van der Waals surface area contributed by atoms with Crippen molar-refractivity contribution in [2.24, 2.45) is 0 Å². The molecule has 0 aliphatic carbocycles. The second kappa shape index (κ2) is 7.70. The highest BCUT2D eigenvalue weighted by atomic mass is 35.5. The van der Waals surface area contributed by atoms with Crippen LogP contribution in [-0.4, -0.2) is 24.9 Å². The largest absolute Gasteiger partial charge is 0.312 e. The molecular formula is C20H21ClN2O2. The fourth-order valence-electron chi connectivity index (χ4n) is 3.25. The average Bonchev–Trinajstić information content (AvgIpc) is 2.61. The van der Waals surface area contributed by atoms with Crippen molar-refractivity contribution in [1.82, 2.24) is 0 Å². The molecule has 2 aromatic carbocycles. The van der Waals surface area contributed by atoms with Gasteiger partial charge >= 0.3 is 0 Å². The van der Waals surface area contributed by atoms with E-state index in [1.165, 1.54) is 12.5 Å². The highest BCUT2D eigenvalue weighted by molar-refractivity contribution is 6.30. The van der Waals surface area contributed by atoms with Gasteiger partial charge in [-0.2, -0.15) is 0 Å². The molecule has 1 aliphatic heterocycles. The average molecular weight is 357 g/mol. The summed E-state index contributed by atoms with van der Waals surface area (Å²) in [7, 11) is 0. The van der Waals surface area contributed by atoms with E-state index in [0.29, 0.717) is 17.3 Å². The number of aryl methyl sites for hydroxylation is 1. The highest BCUT2D eigenvalue weighted by Crippen LogP contribution is 2.27. The van der Waals surface area contributed by atoms with Crippen molar-refractivity contribution in [2.45, 2.75) is 26.2 Å². The van der Waals surface area contributed by atoms with Crippen molar-refractivity contribution in [1.29, 1.82) is 0 Å². The lowest BCUT2D eigenvalue weighted by atomic mass is 10.0. The van der Waals surface area contributed by atoms with Crippen LogP contribution in [-0.2, 0) is 16.0 Å². The van der Waals surface area contributed by atoms with E-state index in [9.17, 15) is 9.59 Å². The van der Waals surface area contributed by atoms with Gasteiger partial charge in [-0.15, -0.1) is 0 Å². The van der Waals surface area contributed by atoms with Crippen LogP contribution in [0.5, 0.6) is 0 Å². The van der Waals surface area contributed by atoms with Gasteiger partial charge in [-0.05, 0) is 42.7 Å². The van der Waals surface area contributed by atoms with Gasteiger partial charge in [0.25, 0.3) is 0 Å². The van der Waals surface area contributed by atoms with Crippen LogP contribution in [0.2, 0.25) is 5.02 Å². The lowest BCUT2D eigenvalue weighted by Crippen LogP contribution is -2.38. The quantitative estimate of drug-likeness (QED) is 0.828. The molecule has 0 unspecified atom stereocenters. The molecule has 2 amide bonds. The molecule has 130 valence electrons. The second-order valence-corrected chi connectivity index (χ2v) is 6.61. The topological polar surface area (TPSA) is 40.6 Å². The number of hydrogen-bond donors (Lipinski definition) is 0. The summed E-state index contributed by atoms with van der Waals surface area (Å²) in [5.74, 6) is -0.0606. The lowest BCUT2D eigenvalue weighted by Gasteiger charge is -2.30. The van der Waals surface area contributed by atoms with Crippen LogP contribution in [0.25, 0.3) is 0 Å². The standard InChI is InChI=1S/C20H21ClN2O2/c1-15(24)22(18-9-4-8-17(21)14-18)13-11-20(25)23-12-5-7-16-6-2-3-10-19(16)23/h2-4,6,8-10,14H,5,7,11-13H2,1H3. The maximum absolute atomic E-state index is 12.7. The fourth-order valence-corrected chi connectivity index (χ4v) is 3.43. The van der Waals surface area contributed by atoms with Gasteiger partial charge in [-0.1, -0.05) is 35.9 Å². The van der Waals surface area contributed by atoms with Gasteiger partial charge in [0, 0.05) is 42.8 Å². The monoisotopic (exact) mass is 356 g/mol. The minimum atomic E-state index is -0.103. The Morgan fingerprint density at radius 2 is 1.96 bits per heavy atom. The third-order valence-electron chi connectivity index (χ3n) is 4.46. The smallest absolute Gasteiger partial charge is 0.228 e. The molecule has 1 aliphatic rings. The van der Waals surface area contributed by atoms with Crippen LogP contribution in [0.15, 0.2) is 48.5 Å². The van der Waals surface area contributed by atoms with E-state index in [-0.39, 0.29) is 18.2 Å². The maximum atomic E-state index is 12.7. The SMILES string of the molecule is CC(=O)N(CCC(=O)N1CCCc2ccccc21)c1cccc(Cl)c1. The van der Waals surface area contributed by atoms with E-state index in [1.54, 1.807) is 23.1 Å². The summed E-state index contributed by atoms with van der Waals surface area (Å²) in [6, 6.07) is 15.2. The third-order valence-corrected chi connectivity index (χ3v) is 4.70. The van der Waals surface area contributed by atoms with Crippen molar-refractivity contribution >= 4 is 34.8 Å². The zero-order chi connectivity index (χ0) is 17.8. The Bertz CT molecular complexity index is 791. The molecule has 5 heteroatoms. The predicted octanol–water partition coefficient (Wildman–Crippen LogP) is 4.06. The molecule has 0 saturated heterocycles. The molecule has 0 atom stereocenters. The number of nitrogens with zero attached hydrogens (tertiary/aromatic N) is 2. The summed E-state index contributed by atoms with van der Waals surface area (Å²) in [5.41, 5.74) is 2.92. The van der Waals surface area contributed by atoms with E-state index in [4.69, 9.17) is 11.6 Å². The zero-order valence-corrected chi connectivity index (χ0v) is 15.0. The first-order valence-electron chi connectivity index (χ1n) is 8.48. The number of carbonyl (C=O) groups is 2. The van der Waals surface area contributed by atoms with E-state index in [2.05, 4.69) is 6.07 Å². The molecule has 0 bridgehead atoms. The van der Waals surface area contributed by atoms with Crippen molar-refractivity contribution in [3.63, 3.8) is 0 Å². The molecular weight excluding hydrogens is 336 g/mol. The first kappa shape index (κ1) is 17.5. The summed E-state index contributed by atoms with van der Waals surface area (Å²) in [6.45, 7) is 2.57. The summed E-state index contributed by atoms with van der Waals surface area (Å²) >= 11 is 6.02. The number of amides is 2. The van der Waals surface area contributed by atoms with Crippen LogP contribution in [0.1, 0.15) is 25.3 Å². The van der Waals surface area contributed by atoms with Crippen molar-refractivity contribution < 1.29 is 9.59 Å². The van der Waals surface area contributed by atoms with Crippen LogP contribution in [0.3, 0.4) is 0 Å². The van der Waals surface area contributed by atoms with Crippen molar-refractivity contribution in [3.8, 4) is 0 Å². The van der Waals surface area contributed by atoms with Gasteiger partial charge < -0.3 is 9.80 Å². The first-order valence-corrected chi connectivity index (χ1v) is 8.86. The van der Waals surface area contributed by atoms with Gasteiger partial charge in [0.2, 0.25) is 11.8 Å². The Morgan fingerprint density at radius 3 is 2.72 bits per heavy atom. The van der Waals surface area contributed by atoms with Crippen LogP contribution >= 0.6 is 11.6 Å². The van der Waals surface area contributed by atoms with Gasteiger partial charge in [0.15, 0.2) is 0 Å². The molecule has 3 rings (SSSR count). The molecule has 25 heavy (non-hydrogen) atoms. The fraction of sp³-hybridized carbons (Fsp3) is 0.300. The van der Waals surface area contributed by atoms with Gasteiger partial charge in [-0.25, -0.2) is 0 Å². The molecule has 2 aromatic rings. The highest BCUT2D eigenvalue weighted by Gasteiger charge is 2.23. The molecule has 0 saturated carbocycles. The second-order valence-electron chi connectivity index (χ2n) is 6.18. The maximum Gasteiger partial charge on any atom is 0.228 e. The Kier molecular flexibility index (Phi) is 5.39. The Morgan fingerprint density at radius 1 is 1.16 bits per heavy atom. The van der Waals surface area contributed by atoms with E-state index >= 15 is 0 Å². The van der Waals surface area contributed by atoms with Gasteiger partial charge in [-0.3, -0.25) is 9.59 Å². The number of carbonyl (C=O) groups excluding carboxylic acids is 2. The number of anilines is 2. The minimum absolute atomic E-state index is 0.0421. The van der Waals surface area contributed by atoms with Crippen LogP contribution in [0.4, 0.5) is 11.4 Å². The molecule has 0 N–H and O–H groups in total. The number of hydrogen-bond acceptors (Lipinski definition) is 2. The van der Waals surface area contributed by atoms with Crippen molar-refractivity contribution in [2.75, 3.05) is 22.9 Å². The normalized spacial score (nSPS) is 13.3. The molecule has 4 nitrogen and oxygen atoms in total. The number of benzene rings is 2. The third kappa shape index (κ3) is 4.02. The number of fused-ring (bicyclic) bond motifs is 1. The Balaban J connectivity index is 1.72. The molecule has 1 heterocycles. The molecule has 0 spiro atoms. The predicted molar refractivity (Wildman–Crippen MR) is 101 cm³/mol. The van der Waals surface area contributed by atoms with Gasteiger partial charge in [0.05, 0.1) is 0 Å². The molecule has 0 fully saturated rings. The summed E-state index contributed by atoms with van der Waals surface area (Å²) in [4.78, 5) is 28.2. The van der Waals surface area contributed by atoms with E-state index in [1.807, 2.05) is 29.2 Å². The summed E-state index contributed by atoms with van der Waals surface area (Å²) in [5, 5.41) is 0.569. The Labute approximate surface area is 153 Å². The van der Waals surface area contributed by atoms with E-state index in [0.717, 1.165) is 25.1 Å². The summed E-state index contributed by atoms with van der Waals surface area (Å²) in [6.07, 6.45) is 2.25. The minimum Gasteiger partial charge on any atom is -0.312 e. The number of halogens is 1. The lowest BCUT2D eigenvalue weighted by molar-refractivity contribution is -0.118. The molecule has 0 radical (unpaired) electrons. The Hall–Kier alpha value is -2.33. The van der Waals surface area contributed by atoms with Crippen molar-refractivity contribution in [3.05, 3.63) is 59.1 Å². The first-order chi connectivity index (χ1) is 12.1.